The number of hydrogen-bond donors (Lipinski definition) is 0. The van der Waals surface area contributed by atoms with Gasteiger partial charge in [0, 0.05) is 12.2 Å². The third-order valence-corrected chi connectivity index (χ3v) is 4.53. The molecule has 1 aliphatic heterocycles. The third-order valence-electron chi connectivity index (χ3n) is 3.71. The molecule has 1 aliphatic rings. The van der Waals surface area contributed by atoms with E-state index in [2.05, 4.69) is 33.3 Å². The zero-order valence-electron chi connectivity index (χ0n) is 12.5. The van der Waals surface area contributed by atoms with Crippen molar-refractivity contribution in [3.8, 4) is 5.19 Å². The fourth-order valence-corrected chi connectivity index (χ4v) is 3.52. The lowest BCUT2D eigenvalue weighted by atomic mass is 10.2. The molecule has 0 radical (unpaired) electrons. The first-order chi connectivity index (χ1) is 10.2. The molecule has 1 atom stereocenters. The number of hydrogen-bond acceptors (Lipinski definition) is 6. The molecule has 3 rings (SSSR count). The third kappa shape index (κ3) is 3.59. The van der Waals surface area contributed by atoms with Crippen molar-refractivity contribution in [3.05, 3.63) is 23.0 Å². The minimum atomic E-state index is 0.531. The summed E-state index contributed by atoms with van der Waals surface area (Å²) in [4.78, 5) is 2.48. The van der Waals surface area contributed by atoms with Crippen LogP contribution >= 0.6 is 11.3 Å². The first-order valence-corrected chi connectivity index (χ1v) is 8.24. The fraction of sp³-hybridized carbons (Fsp3) is 0.643. The highest BCUT2D eigenvalue weighted by atomic mass is 32.1. The average molecular weight is 307 g/mol. The molecule has 0 amide bonds. The van der Waals surface area contributed by atoms with Crippen LogP contribution in [-0.2, 0) is 13.1 Å². The van der Waals surface area contributed by atoms with Gasteiger partial charge in [-0.15, -0.1) is 10.2 Å². The summed E-state index contributed by atoms with van der Waals surface area (Å²) in [5.74, 6) is 0. The molecule has 1 fully saturated rings. The van der Waals surface area contributed by atoms with Crippen molar-refractivity contribution in [2.75, 3.05) is 13.2 Å². The SMILES string of the molecule is CCOc1nnc(CN2CCC[C@@H]2Cn2cc(C)cn2)s1. The maximum atomic E-state index is 5.39. The van der Waals surface area contributed by atoms with Gasteiger partial charge in [0.15, 0.2) is 0 Å². The molecule has 3 heterocycles. The summed E-state index contributed by atoms with van der Waals surface area (Å²) >= 11 is 1.55. The zero-order chi connectivity index (χ0) is 14.7. The molecule has 2 aromatic heterocycles. The van der Waals surface area contributed by atoms with Crippen LogP contribution < -0.4 is 4.74 Å². The van der Waals surface area contributed by atoms with E-state index >= 15 is 0 Å². The van der Waals surface area contributed by atoms with Gasteiger partial charge in [-0.3, -0.25) is 9.58 Å². The summed E-state index contributed by atoms with van der Waals surface area (Å²) < 4.78 is 7.43. The van der Waals surface area contributed by atoms with Gasteiger partial charge >= 0.3 is 0 Å². The van der Waals surface area contributed by atoms with E-state index in [0.717, 1.165) is 24.6 Å². The lowest BCUT2D eigenvalue weighted by molar-refractivity contribution is 0.218. The van der Waals surface area contributed by atoms with E-state index in [-0.39, 0.29) is 0 Å². The summed E-state index contributed by atoms with van der Waals surface area (Å²) in [5.41, 5.74) is 1.21. The van der Waals surface area contributed by atoms with Crippen LogP contribution in [-0.4, -0.2) is 44.1 Å². The Morgan fingerprint density at radius 2 is 2.33 bits per heavy atom. The number of rotatable bonds is 6. The molecular weight excluding hydrogens is 286 g/mol. The average Bonchev–Trinajstić information content (AvgIpc) is 3.16. The molecule has 0 aromatic carbocycles. The van der Waals surface area contributed by atoms with E-state index in [1.165, 1.54) is 18.4 Å². The number of nitrogens with zero attached hydrogens (tertiary/aromatic N) is 5. The van der Waals surface area contributed by atoms with Crippen LogP contribution in [0.1, 0.15) is 30.3 Å². The highest BCUT2D eigenvalue weighted by Crippen LogP contribution is 2.24. The molecule has 0 aliphatic carbocycles. The monoisotopic (exact) mass is 307 g/mol. The van der Waals surface area contributed by atoms with E-state index in [9.17, 15) is 0 Å². The molecule has 6 nitrogen and oxygen atoms in total. The Balaban J connectivity index is 1.60. The van der Waals surface area contributed by atoms with Crippen LogP contribution in [0.2, 0.25) is 0 Å². The minimum Gasteiger partial charge on any atom is -0.469 e. The van der Waals surface area contributed by atoms with Gasteiger partial charge in [-0.1, -0.05) is 11.3 Å². The second-order valence-electron chi connectivity index (χ2n) is 5.40. The smallest absolute Gasteiger partial charge is 0.294 e. The van der Waals surface area contributed by atoms with Crippen LogP contribution in [0.25, 0.3) is 0 Å². The van der Waals surface area contributed by atoms with Gasteiger partial charge in [0.05, 0.1) is 25.9 Å². The predicted octanol–water partition coefficient (Wildman–Crippen LogP) is 2.11. The molecule has 0 bridgehead atoms. The standard InChI is InChI=1S/C14H21N5OS/c1-3-20-14-17-16-13(21-14)10-18-6-4-5-12(18)9-19-8-11(2)7-15-19/h7-8,12H,3-6,9-10H2,1-2H3/t12-/m1/s1. The normalized spacial score (nSPS) is 19.2. The Labute approximate surface area is 128 Å². The van der Waals surface area contributed by atoms with E-state index < -0.39 is 0 Å². The molecule has 0 saturated carbocycles. The van der Waals surface area contributed by atoms with Crippen LogP contribution in [0.4, 0.5) is 0 Å². The van der Waals surface area contributed by atoms with Crippen molar-refractivity contribution in [2.24, 2.45) is 0 Å². The molecule has 2 aromatic rings. The van der Waals surface area contributed by atoms with Crippen LogP contribution in [0.15, 0.2) is 12.4 Å². The first kappa shape index (κ1) is 14.5. The van der Waals surface area contributed by atoms with Crippen LogP contribution in [0.3, 0.4) is 0 Å². The fourth-order valence-electron chi connectivity index (χ4n) is 2.75. The van der Waals surface area contributed by atoms with E-state index in [1.807, 2.05) is 17.8 Å². The summed E-state index contributed by atoms with van der Waals surface area (Å²) in [6.07, 6.45) is 6.48. The largest absolute Gasteiger partial charge is 0.469 e. The number of likely N-dealkylation sites (tertiary alicyclic amines) is 1. The van der Waals surface area contributed by atoms with Gasteiger partial charge in [-0.2, -0.15) is 5.10 Å². The van der Waals surface area contributed by atoms with Crippen molar-refractivity contribution in [1.82, 2.24) is 24.9 Å². The summed E-state index contributed by atoms with van der Waals surface area (Å²) in [6.45, 7) is 7.60. The number of aryl methyl sites for hydroxylation is 1. The van der Waals surface area contributed by atoms with Gasteiger partial charge in [0.25, 0.3) is 5.19 Å². The van der Waals surface area contributed by atoms with Crippen molar-refractivity contribution >= 4 is 11.3 Å². The van der Waals surface area contributed by atoms with Crippen LogP contribution in [0, 0.1) is 6.92 Å². The topological polar surface area (TPSA) is 56.1 Å². The van der Waals surface area contributed by atoms with Crippen molar-refractivity contribution in [1.29, 1.82) is 0 Å². The predicted molar refractivity (Wildman–Crippen MR) is 81.5 cm³/mol. The van der Waals surface area contributed by atoms with E-state index in [1.54, 1.807) is 11.3 Å². The van der Waals surface area contributed by atoms with Gasteiger partial charge in [-0.25, -0.2) is 0 Å². The lowest BCUT2D eigenvalue weighted by Crippen LogP contribution is -2.32. The van der Waals surface area contributed by atoms with Gasteiger partial charge in [0.2, 0.25) is 0 Å². The Kier molecular flexibility index (Phi) is 4.50. The summed E-state index contributed by atoms with van der Waals surface area (Å²) in [7, 11) is 0. The first-order valence-electron chi connectivity index (χ1n) is 7.43. The van der Waals surface area contributed by atoms with Gasteiger partial charge < -0.3 is 4.74 Å². The Morgan fingerprint density at radius 1 is 1.43 bits per heavy atom. The molecule has 0 N–H and O–H groups in total. The Morgan fingerprint density at radius 3 is 3.10 bits per heavy atom. The zero-order valence-corrected chi connectivity index (χ0v) is 13.3. The number of aromatic nitrogens is 4. The molecule has 21 heavy (non-hydrogen) atoms. The molecular formula is C14H21N5OS. The van der Waals surface area contributed by atoms with Gasteiger partial charge in [-0.05, 0) is 38.8 Å². The van der Waals surface area contributed by atoms with E-state index in [4.69, 9.17) is 4.74 Å². The molecule has 7 heteroatoms. The second-order valence-corrected chi connectivity index (χ2v) is 6.43. The highest BCUT2D eigenvalue weighted by Gasteiger charge is 2.26. The maximum absolute atomic E-state index is 5.39. The molecule has 0 unspecified atom stereocenters. The second kappa shape index (κ2) is 6.53. The maximum Gasteiger partial charge on any atom is 0.294 e. The quantitative estimate of drug-likeness (QED) is 0.818. The van der Waals surface area contributed by atoms with Crippen LogP contribution in [0.5, 0.6) is 5.19 Å². The minimum absolute atomic E-state index is 0.531. The molecule has 114 valence electrons. The Bertz CT molecular complexity index is 581. The van der Waals surface area contributed by atoms with Crippen molar-refractivity contribution in [2.45, 2.75) is 45.8 Å². The van der Waals surface area contributed by atoms with Crippen molar-refractivity contribution in [3.63, 3.8) is 0 Å². The lowest BCUT2D eigenvalue weighted by Gasteiger charge is -2.23. The Hall–Kier alpha value is -1.47. The highest BCUT2D eigenvalue weighted by molar-refractivity contribution is 7.13. The van der Waals surface area contributed by atoms with Crippen molar-refractivity contribution < 1.29 is 4.74 Å². The molecule has 1 saturated heterocycles. The van der Waals surface area contributed by atoms with Gasteiger partial charge in [0.1, 0.15) is 5.01 Å². The van der Waals surface area contributed by atoms with E-state index in [0.29, 0.717) is 17.8 Å². The molecule has 0 spiro atoms. The summed E-state index contributed by atoms with van der Waals surface area (Å²) in [5, 5.41) is 14.4. The number of ether oxygens (including phenoxy) is 1. The summed E-state index contributed by atoms with van der Waals surface area (Å²) in [6, 6.07) is 0.531.